The third-order valence-electron chi connectivity index (χ3n) is 2.58. The fraction of sp³-hybridized carbons (Fsp3) is 0.286. The fourth-order valence-corrected chi connectivity index (χ4v) is 2.46. The minimum Gasteiger partial charge on any atom is -0.460 e. The molecule has 0 atom stereocenters. The molecule has 2 nitrogen and oxygen atoms in total. The van der Waals surface area contributed by atoms with Gasteiger partial charge in [-0.15, -0.1) is 12.4 Å². The Hall–Kier alpha value is -0.480. The Morgan fingerprint density at radius 1 is 1.26 bits per heavy atom. The Balaban J connectivity index is 0.00000180. The van der Waals surface area contributed by atoms with Crippen molar-refractivity contribution in [1.82, 2.24) is 5.32 Å². The summed E-state index contributed by atoms with van der Waals surface area (Å²) in [5.41, 5.74) is 0.918. The third kappa shape index (κ3) is 4.53. The second-order valence-electron chi connectivity index (χ2n) is 4.07. The van der Waals surface area contributed by atoms with E-state index in [4.69, 9.17) is 16.0 Å². The maximum Gasteiger partial charge on any atom is 0.135 e. The van der Waals surface area contributed by atoms with Gasteiger partial charge in [0.25, 0.3) is 0 Å². The summed E-state index contributed by atoms with van der Waals surface area (Å²) in [5.74, 6) is 1.73. The molecule has 0 aliphatic carbocycles. The molecule has 0 aliphatic heterocycles. The van der Waals surface area contributed by atoms with Gasteiger partial charge in [-0.3, -0.25) is 0 Å². The lowest BCUT2D eigenvalue weighted by Crippen LogP contribution is -2.12. The van der Waals surface area contributed by atoms with Crippen LogP contribution in [0.3, 0.4) is 0 Å². The van der Waals surface area contributed by atoms with E-state index in [0.29, 0.717) is 5.02 Å². The van der Waals surface area contributed by atoms with Crippen molar-refractivity contribution in [2.45, 2.75) is 19.9 Å². The van der Waals surface area contributed by atoms with E-state index in [1.165, 1.54) is 0 Å². The van der Waals surface area contributed by atoms with Crippen molar-refractivity contribution in [3.8, 4) is 11.3 Å². The minimum absolute atomic E-state index is 0. The smallest absolute Gasteiger partial charge is 0.135 e. The molecular formula is C14H16BrCl2NO. The summed E-state index contributed by atoms with van der Waals surface area (Å²) in [6.45, 7) is 3.89. The topological polar surface area (TPSA) is 25.2 Å². The maximum absolute atomic E-state index is 6.19. The maximum atomic E-state index is 6.19. The van der Waals surface area contributed by atoms with Crippen LogP contribution in [-0.2, 0) is 6.54 Å². The Morgan fingerprint density at radius 2 is 2.05 bits per heavy atom. The zero-order chi connectivity index (χ0) is 13.0. The standard InChI is InChI=1S/C14H15BrClNO.ClH/c1-2-7-17-9-11-4-6-14(18-11)12-5-3-10(15)8-13(12)16;/h3-6,8,17H,2,7,9H2,1H3;1H. The second-order valence-corrected chi connectivity index (χ2v) is 5.39. The molecule has 0 fully saturated rings. The van der Waals surface area contributed by atoms with E-state index >= 15 is 0 Å². The van der Waals surface area contributed by atoms with E-state index in [-0.39, 0.29) is 12.4 Å². The van der Waals surface area contributed by atoms with Crippen LogP contribution in [0, 0.1) is 0 Å². The van der Waals surface area contributed by atoms with Crippen molar-refractivity contribution in [2.75, 3.05) is 6.54 Å². The van der Waals surface area contributed by atoms with Crippen molar-refractivity contribution in [1.29, 1.82) is 0 Å². The first-order chi connectivity index (χ1) is 8.70. The Morgan fingerprint density at radius 3 is 2.74 bits per heavy atom. The van der Waals surface area contributed by atoms with E-state index < -0.39 is 0 Å². The molecule has 0 unspecified atom stereocenters. The van der Waals surface area contributed by atoms with Crippen LogP contribution < -0.4 is 5.32 Å². The predicted octanol–water partition coefficient (Wildman–Crippen LogP) is 5.28. The Bertz CT molecular complexity index is 528. The van der Waals surface area contributed by atoms with Crippen LogP contribution >= 0.6 is 39.9 Å². The van der Waals surface area contributed by atoms with Crippen molar-refractivity contribution >= 4 is 39.9 Å². The number of hydrogen-bond donors (Lipinski definition) is 1. The highest BCUT2D eigenvalue weighted by Crippen LogP contribution is 2.31. The molecule has 2 rings (SSSR count). The number of benzene rings is 1. The fourth-order valence-electron chi connectivity index (χ4n) is 1.70. The molecule has 0 aliphatic rings. The number of nitrogens with one attached hydrogen (secondary N) is 1. The average molecular weight is 365 g/mol. The normalized spacial score (nSPS) is 10.3. The summed E-state index contributed by atoms with van der Waals surface area (Å²) in [6.07, 6.45) is 1.12. The number of hydrogen-bond acceptors (Lipinski definition) is 2. The Labute approximate surface area is 133 Å². The Kier molecular flexibility index (Phi) is 6.94. The monoisotopic (exact) mass is 363 g/mol. The zero-order valence-corrected chi connectivity index (χ0v) is 13.7. The van der Waals surface area contributed by atoms with E-state index in [1.54, 1.807) is 0 Å². The van der Waals surface area contributed by atoms with Gasteiger partial charge >= 0.3 is 0 Å². The molecule has 2 aromatic rings. The molecule has 0 bridgehead atoms. The summed E-state index contributed by atoms with van der Waals surface area (Å²) in [6, 6.07) is 9.72. The van der Waals surface area contributed by atoms with Crippen LogP contribution in [0.2, 0.25) is 5.02 Å². The van der Waals surface area contributed by atoms with Crippen LogP contribution in [0.1, 0.15) is 19.1 Å². The van der Waals surface area contributed by atoms with Crippen LogP contribution in [0.4, 0.5) is 0 Å². The highest BCUT2D eigenvalue weighted by Gasteiger charge is 2.08. The van der Waals surface area contributed by atoms with Crippen LogP contribution in [0.5, 0.6) is 0 Å². The SMILES string of the molecule is CCCNCc1ccc(-c2ccc(Br)cc2Cl)o1.Cl. The zero-order valence-electron chi connectivity index (χ0n) is 10.6. The van der Waals surface area contributed by atoms with Gasteiger partial charge in [0.2, 0.25) is 0 Å². The number of furan rings is 1. The molecular weight excluding hydrogens is 349 g/mol. The van der Waals surface area contributed by atoms with Gasteiger partial charge in [-0.05, 0) is 43.3 Å². The minimum atomic E-state index is 0. The summed E-state index contributed by atoms with van der Waals surface area (Å²) >= 11 is 9.59. The van der Waals surface area contributed by atoms with Crippen LogP contribution in [0.25, 0.3) is 11.3 Å². The summed E-state index contributed by atoms with van der Waals surface area (Å²) in [7, 11) is 0. The molecule has 0 spiro atoms. The van der Waals surface area contributed by atoms with E-state index in [0.717, 1.165) is 41.1 Å². The number of halogens is 3. The van der Waals surface area contributed by atoms with Crippen LogP contribution in [0.15, 0.2) is 39.2 Å². The summed E-state index contributed by atoms with van der Waals surface area (Å²) < 4.78 is 6.74. The van der Waals surface area contributed by atoms with Crippen LogP contribution in [-0.4, -0.2) is 6.54 Å². The van der Waals surface area contributed by atoms with E-state index in [2.05, 4.69) is 28.2 Å². The van der Waals surface area contributed by atoms with Gasteiger partial charge < -0.3 is 9.73 Å². The highest BCUT2D eigenvalue weighted by molar-refractivity contribution is 9.10. The molecule has 0 amide bonds. The van der Waals surface area contributed by atoms with Crippen molar-refractivity contribution in [3.05, 3.63) is 45.6 Å². The quantitative estimate of drug-likeness (QED) is 0.729. The summed E-state index contributed by atoms with van der Waals surface area (Å²) in [5, 5.41) is 3.99. The molecule has 0 saturated carbocycles. The first-order valence-electron chi connectivity index (χ1n) is 5.95. The molecule has 1 N–H and O–H groups in total. The van der Waals surface area contributed by atoms with Gasteiger partial charge in [-0.2, -0.15) is 0 Å². The lowest BCUT2D eigenvalue weighted by atomic mass is 10.2. The molecule has 5 heteroatoms. The van der Waals surface area contributed by atoms with Gasteiger partial charge in [0.1, 0.15) is 11.5 Å². The van der Waals surface area contributed by atoms with Gasteiger partial charge in [-0.25, -0.2) is 0 Å². The number of rotatable bonds is 5. The molecule has 19 heavy (non-hydrogen) atoms. The van der Waals surface area contributed by atoms with Crippen molar-refractivity contribution < 1.29 is 4.42 Å². The summed E-state index contributed by atoms with van der Waals surface area (Å²) in [4.78, 5) is 0. The average Bonchev–Trinajstić information content (AvgIpc) is 2.78. The van der Waals surface area contributed by atoms with Gasteiger partial charge in [0.15, 0.2) is 0 Å². The van der Waals surface area contributed by atoms with Gasteiger partial charge in [-0.1, -0.05) is 34.5 Å². The lowest BCUT2D eigenvalue weighted by Gasteiger charge is -2.02. The van der Waals surface area contributed by atoms with Crippen molar-refractivity contribution in [2.24, 2.45) is 0 Å². The largest absolute Gasteiger partial charge is 0.460 e. The van der Waals surface area contributed by atoms with Gasteiger partial charge in [0.05, 0.1) is 11.6 Å². The van der Waals surface area contributed by atoms with E-state index in [1.807, 2.05) is 30.3 Å². The highest BCUT2D eigenvalue weighted by atomic mass is 79.9. The predicted molar refractivity (Wildman–Crippen MR) is 86.1 cm³/mol. The van der Waals surface area contributed by atoms with Gasteiger partial charge in [0, 0.05) is 10.0 Å². The molecule has 0 radical (unpaired) electrons. The molecule has 1 heterocycles. The first-order valence-corrected chi connectivity index (χ1v) is 7.12. The van der Waals surface area contributed by atoms with Crippen molar-refractivity contribution in [3.63, 3.8) is 0 Å². The second kappa shape index (κ2) is 7.95. The lowest BCUT2D eigenvalue weighted by molar-refractivity contribution is 0.493. The molecule has 1 aromatic carbocycles. The first kappa shape index (κ1) is 16.6. The van der Waals surface area contributed by atoms with E-state index in [9.17, 15) is 0 Å². The third-order valence-corrected chi connectivity index (χ3v) is 3.39. The molecule has 0 saturated heterocycles. The molecule has 104 valence electrons. The molecule has 1 aromatic heterocycles.